The second-order valence-corrected chi connectivity index (χ2v) is 28.2. The topological polar surface area (TPSA) is 189 Å². The van der Waals surface area contributed by atoms with E-state index in [0.29, 0.717) is 75.5 Å². The van der Waals surface area contributed by atoms with Crippen LogP contribution in [0, 0.1) is 0 Å². The van der Waals surface area contributed by atoms with Gasteiger partial charge in [0.05, 0.1) is 44.2 Å². The Bertz CT molecular complexity index is 2120. The van der Waals surface area contributed by atoms with Crippen LogP contribution in [0.15, 0.2) is 78.0 Å². The van der Waals surface area contributed by atoms with Crippen molar-refractivity contribution in [1.29, 1.82) is 0 Å². The molecule has 2 saturated heterocycles. The van der Waals surface area contributed by atoms with Crippen LogP contribution in [0.1, 0.15) is 264 Å². The minimum atomic E-state index is -2.76. The number of carbonyl (C=O) groups excluding carboxylic acids is 3. The number of allylic oxidation sites excluding steroid dienone is 8. The SMILES string of the molecule is CCCCC/C=C\C/C=C\CCCCCCCCC1(CCCCCCCC/C=C\C/C=C\CCCCC)OCC(CCN(C)CCCCCCNC(=O)CCCOc2ccc(/C(C)=N/NC(=O)CCSSCCCC(=O)N3C[C@H](O[P+](=O)O)C[C@H]3CO)cc2)O1. The fourth-order valence-corrected chi connectivity index (χ4v) is 13.8. The molecule has 512 valence electrons. The van der Waals surface area contributed by atoms with Crippen molar-refractivity contribution in [3.05, 3.63) is 78.4 Å². The fraction of sp³-hybridized carbons (Fsp3) is 0.750. The molecule has 0 radical (unpaired) electrons. The number of nitrogens with zero attached hydrogens (tertiary/aromatic N) is 3. The normalized spacial score (nSPS) is 17.1. The summed E-state index contributed by atoms with van der Waals surface area (Å²) in [6.07, 6.45) is 58.5. The Morgan fingerprint density at radius 3 is 1.87 bits per heavy atom. The van der Waals surface area contributed by atoms with Crippen LogP contribution in [0.3, 0.4) is 0 Å². The molecule has 2 heterocycles. The van der Waals surface area contributed by atoms with E-state index in [1.54, 1.807) is 21.6 Å². The number of aliphatic hydroxyl groups is 1. The summed E-state index contributed by atoms with van der Waals surface area (Å²) in [7, 11) is 2.61. The van der Waals surface area contributed by atoms with Crippen molar-refractivity contribution in [1.82, 2.24) is 20.5 Å². The van der Waals surface area contributed by atoms with Gasteiger partial charge in [-0.3, -0.25) is 14.4 Å². The second kappa shape index (κ2) is 55.0. The van der Waals surface area contributed by atoms with E-state index in [9.17, 15) is 24.1 Å². The second-order valence-electron chi connectivity index (χ2n) is 24.8. The first-order chi connectivity index (χ1) is 44.0. The zero-order valence-electron chi connectivity index (χ0n) is 56.5. The number of amides is 3. The van der Waals surface area contributed by atoms with E-state index in [-0.39, 0.29) is 37.0 Å². The highest BCUT2D eigenvalue weighted by atomic mass is 33.1. The van der Waals surface area contributed by atoms with Gasteiger partial charge in [-0.2, -0.15) is 5.10 Å². The molecule has 18 heteroatoms. The maximum atomic E-state index is 12.7. The van der Waals surface area contributed by atoms with Crippen LogP contribution in [0.25, 0.3) is 0 Å². The fourth-order valence-electron chi connectivity index (χ4n) is 11.3. The Morgan fingerprint density at radius 2 is 1.27 bits per heavy atom. The van der Waals surface area contributed by atoms with E-state index in [1.165, 1.54) is 146 Å². The van der Waals surface area contributed by atoms with E-state index in [2.05, 4.69) is 90.2 Å². The first-order valence-corrected chi connectivity index (χ1v) is 39.0. The summed E-state index contributed by atoms with van der Waals surface area (Å²) in [4.78, 5) is 50.7. The van der Waals surface area contributed by atoms with Crippen molar-refractivity contribution in [3.63, 3.8) is 0 Å². The molecule has 2 fully saturated rings. The number of aliphatic hydroxyl groups excluding tert-OH is 1. The maximum Gasteiger partial charge on any atom is 0.695 e. The van der Waals surface area contributed by atoms with Crippen molar-refractivity contribution in [2.75, 3.05) is 64.6 Å². The number of nitrogens with one attached hydrogen (secondary N) is 2. The Labute approximate surface area is 554 Å². The first kappa shape index (κ1) is 80.9. The number of carbonyl (C=O) groups is 3. The number of benzene rings is 1. The van der Waals surface area contributed by atoms with E-state index < -0.39 is 26.2 Å². The van der Waals surface area contributed by atoms with Crippen molar-refractivity contribution in [3.8, 4) is 5.75 Å². The van der Waals surface area contributed by atoms with E-state index in [4.69, 9.17) is 23.6 Å². The molecule has 1 aromatic carbocycles. The summed E-state index contributed by atoms with van der Waals surface area (Å²) in [5.74, 6) is 1.35. The average molecular weight is 1310 g/mol. The lowest BCUT2D eigenvalue weighted by Gasteiger charge is -2.29. The highest BCUT2D eigenvalue weighted by Crippen LogP contribution is 2.36. The molecule has 0 saturated carbocycles. The molecular formula is C72H123N5O10PS2+. The Hall–Kier alpha value is -3.38. The monoisotopic (exact) mass is 1310 g/mol. The third-order valence-electron chi connectivity index (χ3n) is 16.7. The highest BCUT2D eigenvalue weighted by molar-refractivity contribution is 8.76. The summed E-state index contributed by atoms with van der Waals surface area (Å²) in [5, 5.41) is 17.0. The van der Waals surface area contributed by atoms with Gasteiger partial charge >= 0.3 is 8.25 Å². The van der Waals surface area contributed by atoms with E-state index in [1.807, 2.05) is 31.2 Å². The molecule has 3 rings (SSSR count). The third kappa shape index (κ3) is 42.1. The lowest BCUT2D eigenvalue weighted by molar-refractivity contribution is -0.180. The molecule has 2 unspecified atom stereocenters. The van der Waals surface area contributed by atoms with E-state index in [0.717, 1.165) is 82.2 Å². The van der Waals surface area contributed by atoms with Crippen molar-refractivity contribution < 1.29 is 47.7 Å². The molecule has 3 amide bonds. The van der Waals surface area contributed by atoms with Crippen LogP contribution in [-0.4, -0.2) is 132 Å². The summed E-state index contributed by atoms with van der Waals surface area (Å²) < 4.78 is 35.4. The van der Waals surface area contributed by atoms with Gasteiger partial charge in [-0.05, 0) is 159 Å². The van der Waals surface area contributed by atoms with Crippen LogP contribution in [-0.2, 0) is 32.9 Å². The average Bonchev–Trinajstić information content (AvgIpc) is 1.94. The zero-order chi connectivity index (χ0) is 64.8. The van der Waals surface area contributed by atoms with Crippen LogP contribution >= 0.6 is 29.8 Å². The number of hydrogen-bond acceptors (Lipinski definition) is 13. The van der Waals surface area contributed by atoms with Gasteiger partial charge in [0.1, 0.15) is 11.9 Å². The van der Waals surface area contributed by atoms with Gasteiger partial charge in [0.25, 0.3) is 0 Å². The van der Waals surface area contributed by atoms with Crippen LogP contribution < -0.4 is 15.5 Å². The zero-order valence-corrected chi connectivity index (χ0v) is 59.0. The van der Waals surface area contributed by atoms with Gasteiger partial charge in [-0.25, -0.2) is 5.43 Å². The number of hydrazone groups is 1. The lowest BCUT2D eigenvalue weighted by Crippen LogP contribution is -2.37. The van der Waals surface area contributed by atoms with Crippen LogP contribution in [0.4, 0.5) is 0 Å². The molecule has 15 nitrogen and oxygen atoms in total. The van der Waals surface area contributed by atoms with Crippen molar-refractivity contribution in [2.24, 2.45) is 5.10 Å². The van der Waals surface area contributed by atoms with Crippen molar-refractivity contribution in [2.45, 2.75) is 282 Å². The predicted molar refractivity (Wildman–Crippen MR) is 377 cm³/mol. The van der Waals surface area contributed by atoms with Gasteiger partial charge < -0.3 is 34.4 Å². The molecule has 0 aromatic heterocycles. The highest BCUT2D eigenvalue weighted by Gasteiger charge is 2.41. The maximum absolute atomic E-state index is 12.7. The van der Waals surface area contributed by atoms with Crippen LogP contribution in [0.5, 0.6) is 5.75 Å². The number of likely N-dealkylation sites (tertiary alicyclic amines) is 1. The van der Waals surface area contributed by atoms with Gasteiger partial charge in [-0.15, -0.1) is 9.42 Å². The van der Waals surface area contributed by atoms with Gasteiger partial charge in [-0.1, -0.05) is 174 Å². The summed E-state index contributed by atoms with van der Waals surface area (Å²) in [5.41, 5.74) is 4.15. The van der Waals surface area contributed by atoms with E-state index >= 15 is 0 Å². The molecule has 0 aliphatic carbocycles. The predicted octanol–water partition coefficient (Wildman–Crippen LogP) is 17.4. The molecule has 1 aromatic rings. The first-order valence-electron chi connectivity index (χ1n) is 35.4. The standard InChI is InChI=1S/C72H122N5O10PS2/c1-5-7-9-11-13-15-17-19-21-23-25-27-29-31-33-37-51-72(52-38-34-32-30-28-26-24-22-20-18-16-14-12-10-8-6-2)85-62-67(86-72)49-55-76(4)54-40-36-35-39-53-73-69(79)43-41-56-84-66-47-45-64(46-48-66)63(3)74-75-70(80)50-58-90-89-57-42-44-71(81)77-60-68(87-88(82)83)59-65(77)61-78/h13-16,19-22,45-48,65,67-68,78H,5-12,17-18,23-44,49-62H2,1-4H3,(H2-,73,75,79,80,82,83)/p+1/b15-13-,16-14-,21-19-,22-20-,74-63+/t65-,67?,68+/m0/s1. The van der Waals surface area contributed by atoms with Gasteiger partial charge in [0.15, 0.2) is 5.79 Å². The molecular weight excluding hydrogens is 1190 g/mol. The number of ether oxygens (including phenoxy) is 3. The molecule has 4 N–H and O–H groups in total. The molecule has 0 bridgehead atoms. The molecule has 0 spiro atoms. The summed E-state index contributed by atoms with van der Waals surface area (Å²) in [6, 6.07) is 7.10. The largest absolute Gasteiger partial charge is 0.695 e. The lowest BCUT2D eigenvalue weighted by atomic mass is 9.98. The summed E-state index contributed by atoms with van der Waals surface area (Å²) >= 11 is 0. The minimum Gasteiger partial charge on any atom is -0.494 e. The number of unbranched alkanes of at least 4 members (excludes halogenated alkanes) is 21. The minimum absolute atomic E-state index is 0.0537. The third-order valence-corrected chi connectivity index (χ3v) is 19.7. The Morgan fingerprint density at radius 1 is 0.700 bits per heavy atom. The molecule has 2 aliphatic heterocycles. The van der Waals surface area contributed by atoms with Crippen LogP contribution in [0.2, 0.25) is 0 Å². The Kier molecular flexibility index (Phi) is 49.4. The smallest absolute Gasteiger partial charge is 0.494 e. The quantitative estimate of drug-likeness (QED) is 0.0121. The van der Waals surface area contributed by atoms with Gasteiger partial charge in [0.2, 0.25) is 17.7 Å². The summed E-state index contributed by atoms with van der Waals surface area (Å²) in [6.45, 7) is 10.2. The number of hydrogen-bond donors (Lipinski definition) is 4. The number of rotatable bonds is 58. The van der Waals surface area contributed by atoms with Crippen molar-refractivity contribution >= 4 is 53.3 Å². The molecule has 4 atom stereocenters. The Balaban J connectivity index is 1.21. The molecule has 90 heavy (non-hydrogen) atoms. The molecule has 2 aliphatic rings. The van der Waals surface area contributed by atoms with Gasteiger partial charge in [0, 0.05) is 67.7 Å².